The van der Waals surface area contributed by atoms with E-state index in [2.05, 4.69) is 19.1 Å². The number of rotatable bonds is 1. The molecular weight excluding hydrogens is 184 g/mol. The van der Waals surface area contributed by atoms with Gasteiger partial charge in [-0.05, 0) is 31.0 Å². The third-order valence-electron chi connectivity index (χ3n) is 2.76. The lowest BCUT2D eigenvalue weighted by atomic mass is 10.0. The highest BCUT2D eigenvalue weighted by molar-refractivity contribution is 6.06. The Morgan fingerprint density at radius 2 is 1.73 bits per heavy atom. The SMILES string of the molecule is [CH2]Cc1cccc2oc3ccccc3c12. The standard InChI is InChI=1S/C14H11O/c1-2-10-6-5-9-13-14(10)11-7-3-4-8-12(11)15-13/h3-9H,1-2H2. The minimum atomic E-state index is 0.793. The van der Waals surface area contributed by atoms with Gasteiger partial charge in [0.2, 0.25) is 0 Å². The van der Waals surface area contributed by atoms with Crippen LogP contribution in [0.4, 0.5) is 0 Å². The molecule has 0 fully saturated rings. The topological polar surface area (TPSA) is 13.1 Å². The molecule has 0 aliphatic carbocycles. The van der Waals surface area contributed by atoms with E-state index in [9.17, 15) is 0 Å². The summed E-state index contributed by atoms with van der Waals surface area (Å²) < 4.78 is 5.77. The van der Waals surface area contributed by atoms with Crippen LogP contribution in [0, 0.1) is 6.92 Å². The van der Waals surface area contributed by atoms with E-state index in [4.69, 9.17) is 4.42 Å². The summed E-state index contributed by atoms with van der Waals surface area (Å²) in [5.41, 5.74) is 3.16. The van der Waals surface area contributed by atoms with Crippen LogP contribution in [0.2, 0.25) is 0 Å². The molecule has 1 nitrogen and oxygen atoms in total. The average Bonchev–Trinajstić information content (AvgIpc) is 2.67. The molecule has 1 radical (unpaired) electrons. The zero-order chi connectivity index (χ0) is 10.3. The van der Waals surface area contributed by atoms with Gasteiger partial charge in [0.25, 0.3) is 0 Å². The quantitative estimate of drug-likeness (QED) is 0.572. The van der Waals surface area contributed by atoms with Crippen molar-refractivity contribution >= 4 is 21.9 Å². The second-order valence-corrected chi connectivity index (χ2v) is 3.64. The van der Waals surface area contributed by atoms with E-state index in [0.29, 0.717) is 0 Å². The summed E-state index contributed by atoms with van der Waals surface area (Å²) in [5, 5.41) is 2.40. The predicted octanol–water partition coefficient (Wildman–Crippen LogP) is 3.96. The van der Waals surface area contributed by atoms with Crippen molar-refractivity contribution in [1.82, 2.24) is 0 Å². The van der Waals surface area contributed by atoms with Crippen molar-refractivity contribution in [2.75, 3.05) is 0 Å². The van der Waals surface area contributed by atoms with Crippen molar-refractivity contribution < 1.29 is 4.42 Å². The summed E-state index contributed by atoms with van der Waals surface area (Å²) in [4.78, 5) is 0. The minimum Gasteiger partial charge on any atom is -0.456 e. The highest BCUT2D eigenvalue weighted by Gasteiger charge is 2.08. The Morgan fingerprint density at radius 3 is 2.60 bits per heavy atom. The summed E-state index contributed by atoms with van der Waals surface area (Å²) >= 11 is 0. The van der Waals surface area contributed by atoms with Gasteiger partial charge in [0.15, 0.2) is 0 Å². The smallest absolute Gasteiger partial charge is 0.135 e. The Morgan fingerprint density at radius 1 is 0.933 bits per heavy atom. The molecule has 0 atom stereocenters. The highest BCUT2D eigenvalue weighted by Crippen LogP contribution is 2.31. The zero-order valence-electron chi connectivity index (χ0n) is 8.36. The molecule has 0 saturated carbocycles. The molecule has 0 aliphatic rings. The Hall–Kier alpha value is -1.76. The Labute approximate surface area is 88.3 Å². The minimum absolute atomic E-state index is 0.793. The van der Waals surface area contributed by atoms with Crippen molar-refractivity contribution in [1.29, 1.82) is 0 Å². The maximum Gasteiger partial charge on any atom is 0.135 e. The molecule has 0 spiro atoms. The van der Waals surface area contributed by atoms with E-state index in [0.717, 1.165) is 17.6 Å². The highest BCUT2D eigenvalue weighted by atomic mass is 16.3. The van der Waals surface area contributed by atoms with Gasteiger partial charge in [-0.3, -0.25) is 0 Å². The molecule has 0 aliphatic heterocycles. The van der Waals surface area contributed by atoms with Gasteiger partial charge in [-0.1, -0.05) is 30.3 Å². The molecule has 0 saturated heterocycles. The van der Waals surface area contributed by atoms with Gasteiger partial charge < -0.3 is 4.42 Å². The first kappa shape index (κ1) is 8.54. The summed E-state index contributed by atoms with van der Waals surface area (Å²) in [5.74, 6) is 0. The van der Waals surface area contributed by atoms with Crippen LogP contribution in [-0.4, -0.2) is 0 Å². The first-order chi connectivity index (χ1) is 7.40. The molecule has 1 heterocycles. The molecule has 0 amide bonds. The van der Waals surface area contributed by atoms with Crippen LogP contribution in [-0.2, 0) is 6.42 Å². The summed E-state index contributed by atoms with van der Waals surface area (Å²) in [6.07, 6.45) is 0.793. The van der Waals surface area contributed by atoms with Crippen LogP contribution < -0.4 is 0 Å². The van der Waals surface area contributed by atoms with Crippen LogP contribution >= 0.6 is 0 Å². The van der Waals surface area contributed by atoms with Crippen molar-refractivity contribution in [3.8, 4) is 0 Å². The van der Waals surface area contributed by atoms with Gasteiger partial charge in [0, 0.05) is 10.8 Å². The lowest BCUT2D eigenvalue weighted by Gasteiger charge is -1.97. The van der Waals surface area contributed by atoms with Crippen molar-refractivity contribution in [3.63, 3.8) is 0 Å². The fraction of sp³-hybridized carbons (Fsp3) is 0.0714. The van der Waals surface area contributed by atoms with Crippen LogP contribution in [0.25, 0.3) is 21.9 Å². The number of benzene rings is 2. The predicted molar refractivity (Wildman–Crippen MR) is 62.8 cm³/mol. The number of hydrogen-bond donors (Lipinski definition) is 0. The van der Waals surface area contributed by atoms with Gasteiger partial charge in [0.1, 0.15) is 11.2 Å². The molecule has 2 aromatic carbocycles. The fourth-order valence-corrected chi connectivity index (χ4v) is 2.06. The molecule has 0 unspecified atom stereocenters. The molecule has 0 N–H and O–H groups in total. The Bertz CT molecular complexity index is 619. The number of furan rings is 1. The van der Waals surface area contributed by atoms with Crippen LogP contribution in [0.15, 0.2) is 46.9 Å². The van der Waals surface area contributed by atoms with E-state index in [1.54, 1.807) is 0 Å². The van der Waals surface area contributed by atoms with Gasteiger partial charge in [-0.15, -0.1) is 0 Å². The summed E-state index contributed by atoms with van der Waals surface area (Å²) in [6, 6.07) is 14.3. The van der Waals surface area contributed by atoms with E-state index in [1.165, 1.54) is 16.3 Å². The number of fused-ring (bicyclic) bond motifs is 3. The maximum atomic E-state index is 5.77. The molecular formula is C14H11O. The van der Waals surface area contributed by atoms with Gasteiger partial charge >= 0.3 is 0 Å². The van der Waals surface area contributed by atoms with Crippen LogP contribution in [0.3, 0.4) is 0 Å². The summed E-state index contributed by atoms with van der Waals surface area (Å²) in [6.45, 7) is 3.95. The van der Waals surface area contributed by atoms with E-state index < -0.39 is 0 Å². The third kappa shape index (κ3) is 1.16. The first-order valence-electron chi connectivity index (χ1n) is 5.08. The molecule has 3 rings (SSSR count). The first-order valence-corrected chi connectivity index (χ1v) is 5.08. The van der Waals surface area contributed by atoms with Crippen molar-refractivity contribution in [2.45, 2.75) is 6.42 Å². The van der Waals surface area contributed by atoms with E-state index in [-0.39, 0.29) is 0 Å². The molecule has 1 aromatic heterocycles. The second kappa shape index (κ2) is 3.13. The molecule has 0 bridgehead atoms. The monoisotopic (exact) mass is 195 g/mol. The Kier molecular flexibility index (Phi) is 1.78. The normalized spacial score (nSPS) is 11.3. The third-order valence-corrected chi connectivity index (χ3v) is 2.76. The zero-order valence-corrected chi connectivity index (χ0v) is 8.36. The van der Waals surface area contributed by atoms with Gasteiger partial charge in [-0.2, -0.15) is 0 Å². The molecule has 15 heavy (non-hydrogen) atoms. The van der Waals surface area contributed by atoms with E-state index >= 15 is 0 Å². The van der Waals surface area contributed by atoms with E-state index in [1.807, 2.05) is 30.3 Å². The lowest BCUT2D eigenvalue weighted by molar-refractivity contribution is 0.669. The van der Waals surface area contributed by atoms with Gasteiger partial charge in [0.05, 0.1) is 0 Å². The van der Waals surface area contributed by atoms with Crippen LogP contribution in [0.5, 0.6) is 0 Å². The summed E-state index contributed by atoms with van der Waals surface area (Å²) in [7, 11) is 0. The largest absolute Gasteiger partial charge is 0.456 e. The molecule has 73 valence electrons. The van der Waals surface area contributed by atoms with Crippen LogP contribution in [0.1, 0.15) is 5.56 Å². The molecule has 3 aromatic rings. The van der Waals surface area contributed by atoms with Crippen molar-refractivity contribution in [3.05, 3.63) is 55.0 Å². The Balaban J connectivity index is 2.56. The average molecular weight is 195 g/mol. The number of para-hydroxylation sites is 1. The fourth-order valence-electron chi connectivity index (χ4n) is 2.06. The molecule has 1 heteroatoms. The maximum absolute atomic E-state index is 5.77. The van der Waals surface area contributed by atoms with Gasteiger partial charge in [-0.25, -0.2) is 0 Å². The number of hydrogen-bond acceptors (Lipinski definition) is 1. The second-order valence-electron chi connectivity index (χ2n) is 3.64. The lowest BCUT2D eigenvalue weighted by Crippen LogP contribution is -1.80. The van der Waals surface area contributed by atoms with Crippen molar-refractivity contribution in [2.24, 2.45) is 0 Å².